The minimum atomic E-state index is -0.495. The number of nitrogens with zero attached hydrogens (tertiary/aromatic N) is 1. The molecule has 0 aromatic heterocycles. The fourth-order valence-corrected chi connectivity index (χ4v) is 1.32. The first-order valence-electron chi connectivity index (χ1n) is 4.95. The van der Waals surface area contributed by atoms with Gasteiger partial charge in [0.05, 0.1) is 11.5 Å². The van der Waals surface area contributed by atoms with E-state index in [9.17, 15) is 10.1 Å². The quantitative estimate of drug-likeness (QED) is 0.565. The number of hydrogen-bond donors (Lipinski definition) is 2. The maximum absolute atomic E-state index is 10.9. The molecule has 0 saturated heterocycles. The van der Waals surface area contributed by atoms with Gasteiger partial charge in [-0.1, -0.05) is 6.07 Å². The van der Waals surface area contributed by atoms with Crippen LogP contribution in [0.2, 0.25) is 0 Å². The van der Waals surface area contributed by atoms with Crippen molar-refractivity contribution in [3.63, 3.8) is 0 Å². The number of hydrogen-bond acceptors (Lipinski definition) is 5. The lowest BCUT2D eigenvalue weighted by Crippen LogP contribution is -2.06. The van der Waals surface area contributed by atoms with Crippen molar-refractivity contribution in [3.8, 4) is 5.75 Å². The fourth-order valence-electron chi connectivity index (χ4n) is 1.32. The van der Waals surface area contributed by atoms with Crippen LogP contribution in [0.15, 0.2) is 18.2 Å². The van der Waals surface area contributed by atoms with Gasteiger partial charge in [-0.05, 0) is 19.1 Å². The van der Waals surface area contributed by atoms with Crippen molar-refractivity contribution in [1.82, 2.24) is 0 Å². The number of anilines is 1. The van der Waals surface area contributed by atoms with Gasteiger partial charge >= 0.3 is 5.69 Å². The van der Waals surface area contributed by atoms with Crippen LogP contribution in [0.3, 0.4) is 0 Å². The number of rotatable bonds is 6. The van der Waals surface area contributed by atoms with E-state index < -0.39 is 4.92 Å². The van der Waals surface area contributed by atoms with Gasteiger partial charge in [-0.3, -0.25) is 10.1 Å². The first kappa shape index (κ1) is 12.3. The number of nitro groups is 1. The molecule has 0 fully saturated rings. The Bertz CT molecular complexity index is 368. The molecule has 0 bridgehead atoms. The summed E-state index contributed by atoms with van der Waals surface area (Å²) in [6.45, 7) is 2.30. The fraction of sp³-hybridized carbons (Fsp3) is 0.400. The first-order valence-corrected chi connectivity index (χ1v) is 4.95. The van der Waals surface area contributed by atoms with Crippen LogP contribution < -0.4 is 10.1 Å². The monoisotopic (exact) mass is 226 g/mol. The third-order valence-electron chi connectivity index (χ3n) is 1.90. The summed E-state index contributed by atoms with van der Waals surface area (Å²) >= 11 is 0. The Morgan fingerprint density at radius 3 is 2.88 bits per heavy atom. The Morgan fingerprint density at radius 2 is 2.31 bits per heavy atom. The smallest absolute Gasteiger partial charge is 0.333 e. The second kappa shape index (κ2) is 5.92. The van der Waals surface area contributed by atoms with E-state index in [-0.39, 0.29) is 24.7 Å². The van der Waals surface area contributed by atoms with Crippen molar-refractivity contribution in [3.05, 3.63) is 28.3 Å². The molecule has 0 aliphatic carbocycles. The molecule has 88 valence electrons. The lowest BCUT2D eigenvalue weighted by molar-refractivity contribution is -0.385. The molecule has 0 radical (unpaired) electrons. The summed E-state index contributed by atoms with van der Waals surface area (Å²) in [5.41, 5.74) is 0.320. The maximum atomic E-state index is 10.9. The van der Waals surface area contributed by atoms with Crippen LogP contribution in [0.1, 0.15) is 6.92 Å². The standard InChI is InChI=1S/C10H14N2O4/c1-2-11-8-4-3-5-9(16-7-6-13)10(8)12(14)15/h3-5,11,13H,2,6-7H2,1H3. The molecular weight excluding hydrogens is 212 g/mol. The molecule has 0 amide bonds. The predicted octanol–water partition coefficient (Wildman–Crippen LogP) is 1.40. The zero-order valence-corrected chi connectivity index (χ0v) is 8.97. The molecule has 6 nitrogen and oxygen atoms in total. The highest BCUT2D eigenvalue weighted by Crippen LogP contribution is 2.34. The number of aliphatic hydroxyl groups excluding tert-OH is 1. The molecular formula is C10H14N2O4. The zero-order chi connectivity index (χ0) is 12.0. The molecule has 0 aliphatic heterocycles. The minimum Gasteiger partial charge on any atom is -0.484 e. The Labute approximate surface area is 93.0 Å². The summed E-state index contributed by atoms with van der Waals surface area (Å²) in [5.74, 6) is 0.164. The molecule has 0 spiro atoms. The van der Waals surface area contributed by atoms with Crippen LogP contribution >= 0.6 is 0 Å². The predicted molar refractivity (Wildman–Crippen MR) is 59.8 cm³/mol. The van der Waals surface area contributed by atoms with E-state index in [1.807, 2.05) is 6.92 Å². The van der Waals surface area contributed by atoms with Crippen molar-refractivity contribution in [2.75, 3.05) is 25.1 Å². The molecule has 16 heavy (non-hydrogen) atoms. The number of nitrogens with one attached hydrogen (secondary N) is 1. The van der Waals surface area contributed by atoms with Gasteiger partial charge in [0.15, 0.2) is 5.75 Å². The molecule has 1 aromatic rings. The number of aliphatic hydroxyl groups is 1. The van der Waals surface area contributed by atoms with E-state index in [0.717, 1.165) is 0 Å². The number of nitro benzene ring substituents is 1. The third-order valence-corrected chi connectivity index (χ3v) is 1.90. The zero-order valence-electron chi connectivity index (χ0n) is 8.97. The van der Waals surface area contributed by atoms with E-state index in [1.165, 1.54) is 6.07 Å². The normalized spacial score (nSPS) is 9.88. The van der Waals surface area contributed by atoms with Crippen molar-refractivity contribution >= 4 is 11.4 Å². The molecule has 1 aromatic carbocycles. The van der Waals surface area contributed by atoms with Crippen LogP contribution in [-0.2, 0) is 0 Å². The highest BCUT2D eigenvalue weighted by molar-refractivity contribution is 5.68. The maximum Gasteiger partial charge on any atom is 0.333 e. The van der Waals surface area contributed by atoms with Gasteiger partial charge < -0.3 is 15.2 Å². The van der Waals surface area contributed by atoms with Crippen LogP contribution in [0.25, 0.3) is 0 Å². The lowest BCUT2D eigenvalue weighted by Gasteiger charge is -2.09. The summed E-state index contributed by atoms with van der Waals surface area (Å²) in [6.07, 6.45) is 0. The molecule has 0 aliphatic rings. The van der Waals surface area contributed by atoms with Crippen LogP contribution in [-0.4, -0.2) is 29.8 Å². The van der Waals surface area contributed by atoms with E-state index in [0.29, 0.717) is 12.2 Å². The number of benzene rings is 1. The third kappa shape index (κ3) is 2.83. The van der Waals surface area contributed by atoms with Gasteiger partial charge in [0.2, 0.25) is 0 Å². The Balaban J connectivity index is 3.05. The molecule has 1 rings (SSSR count). The van der Waals surface area contributed by atoms with Gasteiger partial charge in [-0.25, -0.2) is 0 Å². The van der Waals surface area contributed by atoms with Gasteiger partial charge in [-0.15, -0.1) is 0 Å². The first-order chi connectivity index (χ1) is 7.70. The van der Waals surface area contributed by atoms with Gasteiger partial charge in [0.1, 0.15) is 12.3 Å². The van der Waals surface area contributed by atoms with Crippen molar-refractivity contribution in [2.45, 2.75) is 6.92 Å². The second-order valence-electron chi connectivity index (χ2n) is 3.01. The molecule has 0 saturated carbocycles. The second-order valence-corrected chi connectivity index (χ2v) is 3.01. The van der Waals surface area contributed by atoms with Gasteiger partial charge in [0, 0.05) is 6.54 Å². The van der Waals surface area contributed by atoms with Crippen LogP contribution in [0.5, 0.6) is 5.75 Å². The SMILES string of the molecule is CCNc1cccc(OCCO)c1[N+](=O)[O-]. The Morgan fingerprint density at radius 1 is 1.56 bits per heavy atom. The molecule has 0 heterocycles. The Kier molecular flexibility index (Phi) is 4.53. The molecule has 6 heteroatoms. The minimum absolute atomic E-state index is 0.0381. The molecule has 0 atom stereocenters. The van der Waals surface area contributed by atoms with E-state index in [2.05, 4.69) is 5.32 Å². The van der Waals surface area contributed by atoms with Crippen molar-refractivity contribution in [2.24, 2.45) is 0 Å². The van der Waals surface area contributed by atoms with E-state index in [4.69, 9.17) is 9.84 Å². The summed E-state index contributed by atoms with van der Waals surface area (Å²) in [6, 6.07) is 4.79. The molecule has 0 unspecified atom stereocenters. The average molecular weight is 226 g/mol. The lowest BCUT2D eigenvalue weighted by atomic mass is 10.2. The highest BCUT2D eigenvalue weighted by Gasteiger charge is 2.20. The van der Waals surface area contributed by atoms with E-state index >= 15 is 0 Å². The molecule has 2 N–H and O–H groups in total. The van der Waals surface area contributed by atoms with Crippen LogP contribution in [0.4, 0.5) is 11.4 Å². The van der Waals surface area contributed by atoms with Crippen molar-refractivity contribution in [1.29, 1.82) is 0 Å². The summed E-state index contributed by atoms with van der Waals surface area (Å²) < 4.78 is 5.10. The number of para-hydroxylation sites is 1. The topological polar surface area (TPSA) is 84.6 Å². The Hall–Kier alpha value is -1.82. The summed E-state index contributed by atoms with van der Waals surface area (Å²) in [5, 5.41) is 22.4. The largest absolute Gasteiger partial charge is 0.484 e. The summed E-state index contributed by atoms with van der Waals surface area (Å²) in [4.78, 5) is 10.4. The van der Waals surface area contributed by atoms with Gasteiger partial charge in [-0.2, -0.15) is 0 Å². The number of ether oxygens (including phenoxy) is 1. The van der Waals surface area contributed by atoms with Gasteiger partial charge in [0.25, 0.3) is 0 Å². The average Bonchev–Trinajstić information content (AvgIpc) is 2.26. The van der Waals surface area contributed by atoms with E-state index in [1.54, 1.807) is 12.1 Å². The van der Waals surface area contributed by atoms with Crippen LogP contribution in [0, 0.1) is 10.1 Å². The highest BCUT2D eigenvalue weighted by atomic mass is 16.6. The van der Waals surface area contributed by atoms with Crippen molar-refractivity contribution < 1.29 is 14.8 Å². The summed E-state index contributed by atoms with van der Waals surface area (Å²) in [7, 11) is 0.